The van der Waals surface area contributed by atoms with Crippen molar-refractivity contribution in [2.75, 3.05) is 18.0 Å². The van der Waals surface area contributed by atoms with Gasteiger partial charge in [0.1, 0.15) is 6.17 Å². The van der Waals surface area contributed by atoms with Gasteiger partial charge in [0, 0.05) is 23.8 Å². The monoisotopic (exact) mass is 327 g/mol. The summed E-state index contributed by atoms with van der Waals surface area (Å²) in [6, 6.07) is 15.9. The lowest BCUT2D eigenvalue weighted by molar-refractivity contribution is 0.0728. The highest BCUT2D eigenvalue weighted by Gasteiger charge is 2.47. The van der Waals surface area contributed by atoms with Gasteiger partial charge in [0.2, 0.25) is 0 Å². The zero-order chi connectivity index (χ0) is 16.0. The van der Waals surface area contributed by atoms with Crippen molar-refractivity contribution in [2.24, 2.45) is 0 Å². The number of carbonyl (C=O) groups excluding carboxylic acids is 1. The van der Waals surface area contributed by atoms with Crippen molar-refractivity contribution >= 4 is 23.3 Å². The molecule has 118 valence electrons. The minimum Gasteiger partial charge on any atom is -0.271 e. The first kappa shape index (κ1) is 14.5. The van der Waals surface area contributed by atoms with E-state index >= 15 is 0 Å². The largest absolute Gasteiger partial charge is 0.340 e. The van der Waals surface area contributed by atoms with Gasteiger partial charge >= 0.3 is 6.03 Å². The number of hydrogen-bond donors (Lipinski definition) is 0. The fraction of sp³-hybridized carbons (Fsp3) is 0.278. The van der Waals surface area contributed by atoms with Gasteiger partial charge in [-0.25, -0.2) is 4.79 Å². The number of halogens is 1. The number of urea groups is 1. The van der Waals surface area contributed by atoms with Crippen LogP contribution in [0.2, 0.25) is 5.02 Å². The molecule has 2 aromatic rings. The fourth-order valence-electron chi connectivity index (χ4n) is 3.37. The number of nitrogens with zero attached hydrogens (tertiary/aromatic N) is 3. The van der Waals surface area contributed by atoms with Gasteiger partial charge in [-0.15, -0.1) is 0 Å². The van der Waals surface area contributed by atoms with E-state index in [1.165, 1.54) is 5.56 Å². The van der Waals surface area contributed by atoms with Crippen LogP contribution in [0.25, 0.3) is 0 Å². The van der Waals surface area contributed by atoms with Gasteiger partial charge in [-0.05, 0) is 43.2 Å². The molecule has 2 saturated heterocycles. The lowest BCUT2D eigenvalue weighted by Crippen LogP contribution is -2.32. The van der Waals surface area contributed by atoms with Crippen molar-refractivity contribution in [2.45, 2.75) is 19.5 Å². The van der Waals surface area contributed by atoms with Crippen LogP contribution in [0.5, 0.6) is 0 Å². The minimum absolute atomic E-state index is 0.0374. The normalized spacial score (nSPS) is 21.1. The molecule has 1 atom stereocenters. The maximum Gasteiger partial charge on any atom is 0.340 e. The summed E-state index contributed by atoms with van der Waals surface area (Å²) in [4.78, 5) is 14.8. The van der Waals surface area contributed by atoms with Crippen molar-refractivity contribution in [1.82, 2.24) is 10.0 Å². The molecule has 5 heteroatoms. The number of hydrazine groups is 1. The molecule has 2 heterocycles. The summed E-state index contributed by atoms with van der Waals surface area (Å²) in [6.07, 6.45) is 0.925. The maximum atomic E-state index is 12.9. The van der Waals surface area contributed by atoms with E-state index in [2.05, 4.69) is 36.2 Å². The van der Waals surface area contributed by atoms with Gasteiger partial charge < -0.3 is 0 Å². The van der Waals surface area contributed by atoms with Crippen molar-refractivity contribution in [1.29, 1.82) is 0 Å². The Morgan fingerprint density at radius 2 is 1.70 bits per heavy atom. The van der Waals surface area contributed by atoms with E-state index in [4.69, 9.17) is 11.6 Å². The smallest absolute Gasteiger partial charge is 0.271 e. The third-order valence-electron chi connectivity index (χ3n) is 4.50. The van der Waals surface area contributed by atoms with E-state index < -0.39 is 0 Å². The third-order valence-corrected chi connectivity index (χ3v) is 4.75. The molecule has 0 bridgehead atoms. The number of benzene rings is 2. The van der Waals surface area contributed by atoms with Crippen molar-refractivity contribution < 1.29 is 4.79 Å². The molecule has 0 radical (unpaired) electrons. The van der Waals surface area contributed by atoms with E-state index in [1.54, 1.807) is 0 Å². The lowest BCUT2D eigenvalue weighted by atomic mass is 10.1. The number of anilines is 1. The van der Waals surface area contributed by atoms with E-state index in [-0.39, 0.29) is 12.2 Å². The molecule has 2 fully saturated rings. The average molecular weight is 328 g/mol. The highest BCUT2D eigenvalue weighted by atomic mass is 35.5. The number of hydrogen-bond acceptors (Lipinski definition) is 2. The van der Waals surface area contributed by atoms with Crippen LogP contribution in [0.3, 0.4) is 0 Å². The first-order valence-electron chi connectivity index (χ1n) is 7.84. The Morgan fingerprint density at radius 1 is 1.00 bits per heavy atom. The SMILES string of the molecule is Cc1ccc(C2N(c3ccc(Cl)cc3)C(=O)N3CCCN23)cc1. The Balaban J connectivity index is 1.79. The van der Waals surface area contributed by atoms with Crippen LogP contribution in [0, 0.1) is 6.92 Å². The molecule has 4 nitrogen and oxygen atoms in total. The van der Waals surface area contributed by atoms with Crippen LogP contribution >= 0.6 is 11.6 Å². The van der Waals surface area contributed by atoms with Crippen molar-refractivity contribution in [3.05, 3.63) is 64.7 Å². The Labute approximate surface area is 140 Å². The molecule has 2 aliphatic heterocycles. The molecule has 4 rings (SSSR count). The Kier molecular flexibility index (Phi) is 3.51. The Bertz CT molecular complexity index is 729. The molecule has 23 heavy (non-hydrogen) atoms. The highest BCUT2D eigenvalue weighted by molar-refractivity contribution is 6.30. The third kappa shape index (κ3) is 2.38. The van der Waals surface area contributed by atoms with Crippen LogP contribution in [0.1, 0.15) is 23.7 Å². The van der Waals surface area contributed by atoms with Gasteiger partial charge in [0.05, 0.1) is 0 Å². The highest BCUT2D eigenvalue weighted by Crippen LogP contribution is 2.40. The van der Waals surface area contributed by atoms with E-state index in [1.807, 2.05) is 34.2 Å². The Morgan fingerprint density at radius 3 is 2.39 bits per heavy atom. The van der Waals surface area contributed by atoms with Gasteiger partial charge in [0.15, 0.2) is 0 Å². The summed E-state index contributed by atoms with van der Waals surface area (Å²) >= 11 is 6.00. The van der Waals surface area contributed by atoms with Crippen LogP contribution in [-0.4, -0.2) is 29.1 Å². The van der Waals surface area contributed by atoms with E-state index in [0.29, 0.717) is 5.02 Å². The summed E-state index contributed by atoms with van der Waals surface area (Å²) in [5.41, 5.74) is 3.22. The van der Waals surface area contributed by atoms with Gasteiger partial charge in [-0.2, -0.15) is 5.01 Å². The minimum atomic E-state index is -0.0909. The van der Waals surface area contributed by atoms with Crippen molar-refractivity contribution in [3.8, 4) is 0 Å². The van der Waals surface area contributed by atoms with Gasteiger partial charge in [-0.1, -0.05) is 41.4 Å². The molecule has 2 aliphatic rings. The maximum absolute atomic E-state index is 12.9. The fourth-order valence-corrected chi connectivity index (χ4v) is 3.49. The molecule has 1 unspecified atom stereocenters. The van der Waals surface area contributed by atoms with Crippen LogP contribution in [0.15, 0.2) is 48.5 Å². The molecule has 0 aromatic heterocycles. The second kappa shape index (κ2) is 5.55. The average Bonchev–Trinajstić information content (AvgIpc) is 3.12. The summed E-state index contributed by atoms with van der Waals surface area (Å²) in [7, 11) is 0. The van der Waals surface area contributed by atoms with Crippen LogP contribution in [0.4, 0.5) is 10.5 Å². The molecule has 0 spiro atoms. The number of rotatable bonds is 2. The predicted octanol–water partition coefficient (Wildman–Crippen LogP) is 4.21. The van der Waals surface area contributed by atoms with E-state index in [9.17, 15) is 4.79 Å². The Hall–Kier alpha value is -2.04. The topological polar surface area (TPSA) is 26.8 Å². The molecular weight excluding hydrogens is 310 g/mol. The molecule has 0 N–H and O–H groups in total. The van der Waals surface area contributed by atoms with Crippen molar-refractivity contribution in [3.63, 3.8) is 0 Å². The van der Waals surface area contributed by atoms with E-state index in [0.717, 1.165) is 30.8 Å². The molecule has 2 amide bonds. The van der Waals surface area contributed by atoms with Gasteiger partial charge in [0.25, 0.3) is 0 Å². The summed E-state index contributed by atoms with van der Waals surface area (Å²) in [6.45, 7) is 3.75. The van der Waals surface area contributed by atoms with Crippen LogP contribution < -0.4 is 4.90 Å². The van der Waals surface area contributed by atoms with Crippen LogP contribution in [-0.2, 0) is 0 Å². The first-order valence-corrected chi connectivity index (χ1v) is 8.22. The molecule has 0 aliphatic carbocycles. The zero-order valence-corrected chi connectivity index (χ0v) is 13.7. The number of carbonyl (C=O) groups is 1. The first-order chi connectivity index (χ1) is 11.1. The summed E-state index contributed by atoms with van der Waals surface area (Å²) < 4.78 is 0. The molecule has 0 saturated carbocycles. The molecular formula is C18H18ClN3O. The second-order valence-electron chi connectivity index (χ2n) is 6.05. The number of amides is 2. The standard InChI is InChI=1S/C18H18ClN3O/c1-13-3-5-14(6-4-13)17-20-11-2-12-21(20)18(23)22(17)16-9-7-15(19)8-10-16/h3-10,17H,2,11-12H2,1H3. The predicted molar refractivity (Wildman–Crippen MR) is 91.3 cm³/mol. The zero-order valence-electron chi connectivity index (χ0n) is 12.9. The van der Waals surface area contributed by atoms with Gasteiger partial charge in [-0.3, -0.25) is 9.91 Å². The quantitative estimate of drug-likeness (QED) is 0.826. The number of fused-ring (bicyclic) bond motifs is 1. The summed E-state index contributed by atoms with van der Waals surface area (Å²) in [5.74, 6) is 0. The summed E-state index contributed by atoms with van der Waals surface area (Å²) in [5, 5.41) is 4.70. The number of aryl methyl sites for hydroxylation is 1. The molecule has 2 aromatic carbocycles. The lowest BCUT2D eigenvalue weighted by Gasteiger charge is -2.28. The second-order valence-corrected chi connectivity index (χ2v) is 6.49.